The second kappa shape index (κ2) is 3.34. The summed E-state index contributed by atoms with van der Waals surface area (Å²) < 4.78 is 0. The molecule has 1 aliphatic rings. The second-order valence-electron chi connectivity index (χ2n) is 4.48. The Bertz CT molecular complexity index is 559. The maximum Gasteiger partial charge on any atom is -0.00134 e. The first-order chi connectivity index (χ1) is 7.75. The summed E-state index contributed by atoms with van der Waals surface area (Å²) in [7, 11) is 0. The minimum Gasteiger partial charge on any atom is -0.0949 e. The van der Waals surface area contributed by atoms with E-state index in [-0.39, 0.29) is 0 Å². The van der Waals surface area contributed by atoms with Gasteiger partial charge < -0.3 is 0 Å². The Morgan fingerprint density at radius 2 is 1.62 bits per heavy atom. The third-order valence-electron chi connectivity index (χ3n) is 3.31. The van der Waals surface area contributed by atoms with Crippen molar-refractivity contribution < 1.29 is 0 Å². The lowest BCUT2D eigenvalue weighted by molar-refractivity contribution is 1.17. The highest BCUT2D eigenvalue weighted by molar-refractivity contribution is 5.86. The Kier molecular flexibility index (Phi) is 1.97. The van der Waals surface area contributed by atoms with Crippen molar-refractivity contribution in [1.29, 1.82) is 0 Å². The summed E-state index contributed by atoms with van der Waals surface area (Å²) >= 11 is 0. The molecular weight excluding hydrogens is 192 g/mol. The van der Waals surface area contributed by atoms with E-state index >= 15 is 0 Å². The van der Waals surface area contributed by atoms with Crippen molar-refractivity contribution in [2.45, 2.75) is 13.3 Å². The van der Waals surface area contributed by atoms with E-state index in [1.165, 1.54) is 33.4 Å². The summed E-state index contributed by atoms with van der Waals surface area (Å²) in [5.41, 5.74) is 8.06. The summed E-state index contributed by atoms with van der Waals surface area (Å²) in [6.45, 7) is 6.17. The minimum atomic E-state index is 1.04. The first-order valence-electron chi connectivity index (χ1n) is 5.63. The van der Waals surface area contributed by atoms with Crippen LogP contribution in [0.5, 0.6) is 0 Å². The van der Waals surface area contributed by atoms with Crippen molar-refractivity contribution >= 4 is 5.57 Å². The van der Waals surface area contributed by atoms with Crippen molar-refractivity contribution in [3.05, 3.63) is 65.7 Å². The fraction of sp³-hybridized carbons (Fsp3) is 0.125. The molecule has 0 bridgehead atoms. The highest BCUT2D eigenvalue weighted by atomic mass is 14.2. The molecule has 2 aromatic carbocycles. The molecule has 1 aliphatic carbocycles. The Hall–Kier alpha value is -1.82. The van der Waals surface area contributed by atoms with Gasteiger partial charge in [0.15, 0.2) is 0 Å². The predicted molar refractivity (Wildman–Crippen MR) is 69.4 cm³/mol. The van der Waals surface area contributed by atoms with Crippen molar-refractivity contribution in [2.75, 3.05) is 0 Å². The SMILES string of the molecule is C=C1Cc2c1cccc2-c1ccc(C)cc1. The summed E-state index contributed by atoms with van der Waals surface area (Å²) in [6, 6.07) is 15.2. The number of allylic oxidation sites excluding steroid dienone is 1. The average molecular weight is 206 g/mol. The van der Waals surface area contributed by atoms with E-state index in [1.54, 1.807) is 0 Å². The quantitative estimate of drug-likeness (QED) is 0.655. The van der Waals surface area contributed by atoms with Crippen LogP contribution in [-0.2, 0) is 6.42 Å². The molecule has 0 spiro atoms. The van der Waals surface area contributed by atoms with Gasteiger partial charge in [-0.25, -0.2) is 0 Å². The molecule has 0 aromatic heterocycles. The number of benzene rings is 2. The molecule has 0 atom stereocenters. The van der Waals surface area contributed by atoms with Crippen LogP contribution in [-0.4, -0.2) is 0 Å². The Labute approximate surface area is 96.3 Å². The molecule has 0 saturated heterocycles. The molecule has 0 amide bonds. The number of aryl methyl sites for hydroxylation is 1. The third-order valence-corrected chi connectivity index (χ3v) is 3.31. The van der Waals surface area contributed by atoms with Gasteiger partial charge in [0.05, 0.1) is 0 Å². The standard InChI is InChI=1S/C16H14/c1-11-6-8-13(9-7-11)15-5-3-4-14-12(2)10-16(14)15/h3-9H,2,10H2,1H3. The van der Waals surface area contributed by atoms with Crippen molar-refractivity contribution in [1.82, 2.24) is 0 Å². The van der Waals surface area contributed by atoms with Crippen LogP contribution in [0, 0.1) is 6.92 Å². The smallest absolute Gasteiger partial charge is 0.00134 e. The van der Waals surface area contributed by atoms with Crippen molar-refractivity contribution in [3.63, 3.8) is 0 Å². The van der Waals surface area contributed by atoms with Gasteiger partial charge in [-0.3, -0.25) is 0 Å². The maximum atomic E-state index is 4.05. The molecule has 3 rings (SSSR count). The number of rotatable bonds is 1. The average Bonchev–Trinajstić information content (AvgIpc) is 2.29. The molecule has 0 saturated carbocycles. The third kappa shape index (κ3) is 1.30. The summed E-state index contributed by atoms with van der Waals surface area (Å²) in [5, 5.41) is 0. The maximum absolute atomic E-state index is 4.05. The van der Waals surface area contributed by atoms with Gasteiger partial charge in [-0.05, 0) is 41.2 Å². The molecular formula is C16H14. The van der Waals surface area contributed by atoms with Gasteiger partial charge in [-0.1, -0.05) is 54.6 Å². The lowest BCUT2D eigenvalue weighted by Gasteiger charge is -2.25. The highest BCUT2D eigenvalue weighted by Gasteiger charge is 2.20. The monoisotopic (exact) mass is 206 g/mol. The van der Waals surface area contributed by atoms with Gasteiger partial charge in [0, 0.05) is 0 Å². The first kappa shape index (κ1) is 9.41. The van der Waals surface area contributed by atoms with Crippen molar-refractivity contribution in [2.24, 2.45) is 0 Å². The number of hydrogen-bond acceptors (Lipinski definition) is 0. The largest absolute Gasteiger partial charge is 0.0949 e. The van der Waals surface area contributed by atoms with Gasteiger partial charge in [0.1, 0.15) is 0 Å². The normalized spacial score (nSPS) is 13.2. The molecule has 16 heavy (non-hydrogen) atoms. The summed E-state index contributed by atoms with van der Waals surface area (Å²) in [5.74, 6) is 0. The van der Waals surface area contributed by atoms with E-state index in [4.69, 9.17) is 0 Å². The molecule has 0 unspecified atom stereocenters. The first-order valence-corrected chi connectivity index (χ1v) is 5.63. The highest BCUT2D eigenvalue weighted by Crippen LogP contribution is 2.39. The lowest BCUT2D eigenvalue weighted by atomic mass is 9.79. The summed E-state index contributed by atoms with van der Waals surface area (Å²) in [4.78, 5) is 0. The van der Waals surface area contributed by atoms with E-state index in [0.29, 0.717) is 0 Å². The van der Waals surface area contributed by atoms with E-state index < -0.39 is 0 Å². The zero-order chi connectivity index (χ0) is 11.1. The van der Waals surface area contributed by atoms with E-state index in [9.17, 15) is 0 Å². The molecule has 0 radical (unpaired) electrons. The minimum absolute atomic E-state index is 1.04. The fourth-order valence-corrected chi connectivity index (χ4v) is 2.31. The molecule has 2 aromatic rings. The van der Waals surface area contributed by atoms with E-state index in [2.05, 4.69) is 56.0 Å². The zero-order valence-corrected chi connectivity index (χ0v) is 9.46. The Balaban J connectivity index is 2.14. The molecule has 0 fully saturated rings. The molecule has 0 aliphatic heterocycles. The fourth-order valence-electron chi connectivity index (χ4n) is 2.31. The topological polar surface area (TPSA) is 0 Å². The molecule has 0 heteroatoms. The van der Waals surface area contributed by atoms with E-state index in [0.717, 1.165) is 6.42 Å². The van der Waals surface area contributed by atoms with Crippen LogP contribution in [0.25, 0.3) is 16.7 Å². The van der Waals surface area contributed by atoms with Crippen LogP contribution in [0.2, 0.25) is 0 Å². The van der Waals surface area contributed by atoms with Gasteiger partial charge in [-0.15, -0.1) is 0 Å². The van der Waals surface area contributed by atoms with Gasteiger partial charge in [-0.2, -0.15) is 0 Å². The van der Waals surface area contributed by atoms with Crippen LogP contribution in [0.3, 0.4) is 0 Å². The van der Waals surface area contributed by atoms with Gasteiger partial charge >= 0.3 is 0 Å². The lowest BCUT2D eigenvalue weighted by Crippen LogP contribution is -2.07. The van der Waals surface area contributed by atoms with Crippen LogP contribution in [0.4, 0.5) is 0 Å². The predicted octanol–water partition coefficient (Wildman–Crippen LogP) is 4.23. The van der Waals surface area contributed by atoms with Crippen molar-refractivity contribution in [3.8, 4) is 11.1 Å². The van der Waals surface area contributed by atoms with Crippen LogP contribution in [0.1, 0.15) is 16.7 Å². The Morgan fingerprint density at radius 3 is 2.31 bits per heavy atom. The molecule has 0 N–H and O–H groups in total. The Morgan fingerprint density at radius 1 is 0.938 bits per heavy atom. The molecule has 0 nitrogen and oxygen atoms in total. The number of hydrogen-bond donors (Lipinski definition) is 0. The second-order valence-corrected chi connectivity index (χ2v) is 4.48. The van der Waals surface area contributed by atoms with Crippen LogP contribution < -0.4 is 0 Å². The summed E-state index contributed by atoms with van der Waals surface area (Å²) in [6.07, 6.45) is 1.04. The van der Waals surface area contributed by atoms with Gasteiger partial charge in [0.2, 0.25) is 0 Å². The molecule has 0 heterocycles. The van der Waals surface area contributed by atoms with Crippen LogP contribution >= 0.6 is 0 Å². The van der Waals surface area contributed by atoms with E-state index in [1.807, 2.05) is 0 Å². The van der Waals surface area contributed by atoms with Crippen LogP contribution in [0.15, 0.2) is 49.0 Å². The van der Waals surface area contributed by atoms with Gasteiger partial charge in [0.25, 0.3) is 0 Å². The number of fused-ring (bicyclic) bond motifs is 1. The molecule has 78 valence electrons. The zero-order valence-electron chi connectivity index (χ0n) is 9.46.